The molecule has 0 radical (unpaired) electrons. The lowest BCUT2D eigenvalue weighted by Gasteiger charge is -2.11. The lowest BCUT2D eigenvalue weighted by molar-refractivity contribution is -0.143. The third-order valence-electron chi connectivity index (χ3n) is 2.17. The van der Waals surface area contributed by atoms with E-state index >= 15 is 0 Å². The number of rotatable bonds is 10. The maximum atomic E-state index is 10.9. The van der Waals surface area contributed by atoms with Crippen LogP contribution in [0.5, 0.6) is 0 Å². The predicted molar refractivity (Wildman–Crippen MR) is 66.2 cm³/mol. The van der Waals surface area contributed by atoms with Crippen LogP contribution in [0, 0.1) is 5.92 Å². The van der Waals surface area contributed by atoms with Crippen LogP contribution in [0.25, 0.3) is 0 Å². The van der Waals surface area contributed by atoms with Gasteiger partial charge in [0.25, 0.3) is 0 Å². The van der Waals surface area contributed by atoms with Crippen LogP contribution < -0.4 is 0 Å². The Morgan fingerprint density at radius 1 is 1.41 bits per heavy atom. The Labute approximate surface area is 106 Å². The highest BCUT2D eigenvalue weighted by atomic mass is 32.2. The van der Waals surface area contributed by atoms with Gasteiger partial charge in [-0.1, -0.05) is 0 Å². The number of aliphatic carboxylic acids is 1. The van der Waals surface area contributed by atoms with Gasteiger partial charge in [0.15, 0.2) is 0 Å². The Balaban J connectivity index is 3.75. The molecule has 0 aliphatic heterocycles. The Morgan fingerprint density at radius 3 is 2.65 bits per heavy atom. The number of thioether (sulfide) groups is 1. The van der Waals surface area contributed by atoms with Crippen LogP contribution in [0.2, 0.25) is 0 Å². The highest BCUT2D eigenvalue weighted by molar-refractivity contribution is 7.99. The first-order valence-electron chi connectivity index (χ1n) is 5.56. The van der Waals surface area contributed by atoms with E-state index in [-0.39, 0.29) is 12.4 Å². The normalized spacial score (nSPS) is 12.1. The standard InChI is InChI=1S/C11H20O5S/c1-3-16-6-7-17-8-9(11(13)14)4-5-10(12)15-2/h9H,3-8H2,1-2H3,(H,13,14). The minimum atomic E-state index is -0.863. The van der Waals surface area contributed by atoms with Crippen molar-refractivity contribution in [2.45, 2.75) is 19.8 Å². The van der Waals surface area contributed by atoms with Gasteiger partial charge in [-0.05, 0) is 13.3 Å². The van der Waals surface area contributed by atoms with Crippen molar-refractivity contribution in [3.05, 3.63) is 0 Å². The van der Waals surface area contributed by atoms with Crippen molar-refractivity contribution in [1.82, 2.24) is 0 Å². The lowest BCUT2D eigenvalue weighted by Crippen LogP contribution is -2.18. The molecule has 0 fully saturated rings. The fraction of sp³-hybridized carbons (Fsp3) is 0.818. The fourth-order valence-corrected chi connectivity index (χ4v) is 2.16. The van der Waals surface area contributed by atoms with Crippen LogP contribution in [-0.2, 0) is 19.1 Å². The molecule has 0 saturated carbocycles. The van der Waals surface area contributed by atoms with Crippen LogP contribution in [0.4, 0.5) is 0 Å². The van der Waals surface area contributed by atoms with E-state index in [1.54, 1.807) is 0 Å². The summed E-state index contributed by atoms with van der Waals surface area (Å²) in [6.07, 6.45) is 0.475. The molecule has 0 spiro atoms. The van der Waals surface area contributed by atoms with E-state index in [9.17, 15) is 9.59 Å². The SMILES string of the molecule is CCOCCSCC(CCC(=O)OC)C(=O)O. The number of carbonyl (C=O) groups is 2. The first-order chi connectivity index (χ1) is 8.11. The summed E-state index contributed by atoms with van der Waals surface area (Å²) in [5.41, 5.74) is 0. The molecule has 0 heterocycles. The first-order valence-corrected chi connectivity index (χ1v) is 6.72. The van der Waals surface area contributed by atoms with Gasteiger partial charge in [0.05, 0.1) is 19.6 Å². The Hall–Kier alpha value is -0.750. The van der Waals surface area contributed by atoms with Crippen molar-refractivity contribution in [3.63, 3.8) is 0 Å². The maximum Gasteiger partial charge on any atom is 0.307 e. The molecule has 1 atom stereocenters. The molecule has 17 heavy (non-hydrogen) atoms. The molecule has 0 aromatic rings. The summed E-state index contributed by atoms with van der Waals surface area (Å²) in [5.74, 6) is -0.455. The summed E-state index contributed by atoms with van der Waals surface area (Å²) < 4.78 is 9.63. The number of carbonyl (C=O) groups excluding carboxylic acids is 1. The summed E-state index contributed by atoms with van der Waals surface area (Å²) in [5, 5.41) is 8.96. The highest BCUT2D eigenvalue weighted by Gasteiger charge is 2.18. The summed E-state index contributed by atoms with van der Waals surface area (Å²) in [6, 6.07) is 0. The third-order valence-corrected chi connectivity index (χ3v) is 3.26. The van der Waals surface area contributed by atoms with Gasteiger partial charge >= 0.3 is 11.9 Å². The molecular formula is C11H20O5S. The minimum Gasteiger partial charge on any atom is -0.481 e. The molecule has 0 aromatic carbocycles. The molecule has 0 aliphatic carbocycles. The van der Waals surface area contributed by atoms with Crippen molar-refractivity contribution in [3.8, 4) is 0 Å². The summed E-state index contributed by atoms with van der Waals surface area (Å²) in [4.78, 5) is 21.8. The van der Waals surface area contributed by atoms with Gasteiger partial charge < -0.3 is 14.6 Å². The fourth-order valence-electron chi connectivity index (χ4n) is 1.16. The number of esters is 1. The number of hydrogen-bond acceptors (Lipinski definition) is 5. The topological polar surface area (TPSA) is 72.8 Å². The monoisotopic (exact) mass is 264 g/mol. The number of carboxylic acid groups (broad SMARTS) is 1. The number of hydrogen-bond donors (Lipinski definition) is 1. The quantitative estimate of drug-likeness (QED) is 0.475. The molecule has 0 saturated heterocycles. The van der Waals surface area contributed by atoms with Gasteiger partial charge in [0, 0.05) is 24.5 Å². The van der Waals surface area contributed by atoms with Crippen LogP contribution >= 0.6 is 11.8 Å². The Kier molecular flexibility index (Phi) is 9.95. The van der Waals surface area contributed by atoms with Crippen molar-refractivity contribution < 1.29 is 24.2 Å². The van der Waals surface area contributed by atoms with Gasteiger partial charge in [-0.25, -0.2) is 0 Å². The van der Waals surface area contributed by atoms with Crippen molar-refractivity contribution in [2.75, 3.05) is 31.8 Å². The average Bonchev–Trinajstić information content (AvgIpc) is 2.31. The summed E-state index contributed by atoms with van der Waals surface area (Å²) in [7, 11) is 1.30. The van der Waals surface area contributed by atoms with E-state index in [0.717, 1.165) is 5.75 Å². The van der Waals surface area contributed by atoms with Crippen molar-refractivity contribution >= 4 is 23.7 Å². The van der Waals surface area contributed by atoms with E-state index in [0.29, 0.717) is 25.4 Å². The maximum absolute atomic E-state index is 10.9. The summed E-state index contributed by atoms with van der Waals surface area (Å²) >= 11 is 1.53. The largest absolute Gasteiger partial charge is 0.481 e. The third kappa shape index (κ3) is 9.00. The van der Waals surface area contributed by atoms with Crippen LogP contribution in [-0.4, -0.2) is 48.9 Å². The van der Waals surface area contributed by atoms with E-state index in [1.807, 2.05) is 6.92 Å². The number of methoxy groups -OCH3 is 1. The molecule has 6 heteroatoms. The number of carboxylic acids is 1. The van der Waals surface area contributed by atoms with Gasteiger partial charge in [-0.2, -0.15) is 11.8 Å². The smallest absolute Gasteiger partial charge is 0.307 e. The van der Waals surface area contributed by atoms with Gasteiger partial charge in [-0.15, -0.1) is 0 Å². The Bertz CT molecular complexity index is 232. The first kappa shape index (κ1) is 16.2. The second-order valence-corrected chi connectivity index (χ2v) is 4.57. The second kappa shape index (κ2) is 10.4. The van der Waals surface area contributed by atoms with Gasteiger partial charge in [0.1, 0.15) is 0 Å². The van der Waals surface area contributed by atoms with E-state index in [1.165, 1.54) is 18.9 Å². The molecule has 0 aliphatic rings. The van der Waals surface area contributed by atoms with Crippen molar-refractivity contribution in [1.29, 1.82) is 0 Å². The zero-order valence-corrected chi connectivity index (χ0v) is 11.1. The Morgan fingerprint density at radius 2 is 2.12 bits per heavy atom. The molecule has 1 unspecified atom stereocenters. The average molecular weight is 264 g/mol. The molecule has 0 amide bonds. The molecule has 1 N–H and O–H groups in total. The predicted octanol–water partition coefficient (Wildman–Crippen LogP) is 1.41. The van der Waals surface area contributed by atoms with Crippen LogP contribution in [0.15, 0.2) is 0 Å². The van der Waals surface area contributed by atoms with Crippen LogP contribution in [0.3, 0.4) is 0 Å². The molecule has 5 nitrogen and oxygen atoms in total. The zero-order valence-electron chi connectivity index (χ0n) is 10.3. The second-order valence-electron chi connectivity index (χ2n) is 3.42. The molecule has 0 rings (SSSR count). The molecule has 0 bridgehead atoms. The van der Waals surface area contributed by atoms with Gasteiger partial charge in [-0.3, -0.25) is 9.59 Å². The zero-order chi connectivity index (χ0) is 13.1. The van der Waals surface area contributed by atoms with E-state index in [4.69, 9.17) is 9.84 Å². The van der Waals surface area contributed by atoms with E-state index < -0.39 is 11.9 Å². The minimum absolute atomic E-state index is 0.152. The lowest BCUT2D eigenvalue weighted by atomic mass is 10.1. The van der Waals surface area contributed by atoms with E-state index in [2.05, 4.69) is 4.74 Å². The molecule has 0 aromatic heterocycles. The highest BCUT2D eigenvalue weighted by Crippen LogP contribution is 2.15. The number of ether oxygens (including phenoxy) is 2. The van der Waals surface area contributed by atoms with Crippen molar-refractivity contribution in [2.24, 2.45) is 5.92 Å². The molecule has 100 valence electrons. The molecular weight excluding hydrogens is 244 g/mol. The van der Waals surface area contributed by atoms with Crippen LogP contribution in [0.1, 0.15) is 19.8 Å². The summed E-state index contributed by atoms with van der Waals surface area (Å²) in [6.45, 7) is 3.22. The van der Waals surface area contributed by atoms with Gasteiger partial charge in [0.2, 0.25) is 0 Å².